The first kappa shape index (κ1) is 15.5. The number of rotatable bonds is 4. The van der Waals surface area contributed by atoms with Gasteiger partial charge in [0.05, 0.1) is 12.0 Å². The highest BCUT2D eigenvalue weighted by atomic mass is 16.5. The molecule has 128 valence electrons. The standard InChI is InChI=1S/C17H18N6O2/c1-17(6-7-19-14(24)8-17)16-21-15(22-25-16)13-4-2-12(3-5-13)9-23-11-18-10-20-23/h2-5,10-11H,6-9H2,1H3,(H,19,24). The second-order valence-corrected chi connectivity index (χ2v) is 6.55. The van der Waals surface area contributed by atoms with Gasteiger partial charge in [-0.3, -0.25) is 4.79 Å². The van der Waals surface area contributed by atoms with Crippen LogP contribution < -0.4 is 5.32 Å². The van der Waals surface area contributed by atoms with Crippen LogP contribution in [0.2, 0.25) is 0 Å². The molecule has 4 rings (SSSR count). The molecule has 3 aromatic rings. The maximum absolute atomic E-state index is 11.7. The monoisotopic (exact) mass is 338 g/mol. The molecule has 1 aliphatic heterocycles. The molecule has 1 unspecified atom stereocenters. The minimum Gasteiger partial charge on any atom is -0.356 e. The number of nitrogens with zero attached hydrogens (tertiary/aromatic N) is 5. The van der Waals surface area contributed by atoms with Gasteiger partial charge in [-0.25, -0.2) is 9.67 Å². The van der Waals surface area contributed by atoms with Gasteiger partial charge in [0.1, 0.15) is 12.7 Å². The Bertz CT molecular complexity index is 871. The van der Waals surface area contributed by atoms with Crippen molar-refractivity contribution >= 4 is 5.91 Å². The lowest BCUT2D eigenvalue weighted by Gasteiger charge is -2.29. The van der Waals surface area contributed by atoms with Crippen LogP contribution in [0.4, 0.5) is 0 Å². The van der Waals surface area contributed by atoms with Gasteiger partial charge in [-0.15, -0.1) is 0 Å². The molecule has 0 saturated carbocycles. The van der Waals surface area contributed by atoms with Crippen molar-refractivity contribution in [2.24, 2.45) is 0 Å². The summed E-state index contributed by atoms with van der Waals surface area (Å²) < 4.78 is 7.22. The molecule has 2 aromatic heterocycles. The fourth-order valence-corrected chi connectivity index (χ4v) is 3.01. The molecule has 25 heavy (non-hydrogen) atoms. The third-order valence-electron chi connectivity index (χ3n) is 4.52. The lowest BCUT2D eigenvalue weighted by atomic mass is 9.80. The largest absolute Gasteiger partial charge is 0.356 e. The van der Waals surface area contributed by atoms with Crippen LogP contribution >= 0.6 is 0 Å². The van der Waals surface area contributed by atoms with Gasteiger partial charge in [-0.2, -0.15) is 10.1 Å². The second-order valence-electron chi connectivity index (χ2n) is 6.55. The zero-order valence-electron chi connectivity index (χ0n) is 13.8. The van der Waals surface area contributed by atoms with Crippen molar-refractivity contribution < 1.29 is 9.32 Å². The Balaban J connectivity index is 1.52. The summed E-state index contributed by atoms with van der Waals surface area (Å²) in [6.45, 7) is 3.28. The van der Waals surface area contributed by atoms with Crippen LogP contribution in [0.5, 0.6) is 0 Å². The maximum atomic E-state index is 11.7. The predicted molar refractivity (Wildman–Crippen MR) is 88.5 cm³/mol. The summed E-state index contributed by atoms with van der Waals surface area (Å²) in [5, 5.41) is 11.0. The van der Waals surface area contributed by atoms with Crippen molar-refractivity contribution in [3.8, 4) is 11.4 Å². The number of piperidine rings is 1. The predicted octanol–water partition coefficient (Wildman–Crippen LogP) is 1.54. The van der Waals surface area contributed by atoms with Crippen LogP contribution in [0.15, 0.2) is 41.4 Å². The Hall–Kier alpha value is -3.03. The van der Waals surface area contributed by atoms with Gasteiger partial charge in [0.2, 0.25) is 17.6 Å². The van der Waals surface area contributed by atoms with Crippen molar-refractivity contribution in [2.45, 2.75) is 31.7 Å². The van der Waals surface area contributed by atoms with E-state index in [0.29, 0.717) is 31.2 Å². The van der Waals surface area contributed by atoms with E-state index < -0.39 is 5.41 Å². The topological polar surface area (TPSA) is 98.7 Å². The molecule has 1 fully saturated rings. The molecule has 8 heteroatoms. The quantitative estimate of drug-likeness (QED) is 0.775. The third kappa shape index (κ3) is 3.15. The molecular weight excluding hydrogens is 320 g/mol. The van der Waals surface area contributed by atoms with Crippen molar-refractivity contribution in [2.75, 3.05) is 6.54 Å². The smallest absolute Gasteiger partial charge is 0.233 e. The van der Waals surface area contributed by atoms with Crippen molar-refractivity contribution in [3.05, 3.63) is 48.4 Å². The summed E-state index contributed by atoms with van der Waals surface area (Å²) in [5.74, 6) is 1.07. The van der Waals surface area contributed by atoms with Gasteiger partial charge in [0.25, 0.3) is 0 Å². The Labute approximate surface area is 144 Å². The molecule has 1 amide bonds. The molecule has 8 nitrogen and oxygen atoms in total. The molecular formula is C17H18N6O2. The van der Waals surface area contributed by atoms with Crippen molar-refractivity contribution in [3.63, 3.8) is 0 Å². The zero-order chi connectivity index (χ0) is 17.3. The number of aromatic nitrogens is 5. The average molecular weight is 338 g/mol. The van der Waals surface area contributed by atoms with Crippen LogP contribution in [-0.2, 0) is 16.8 Å². The number of carbonyl (C=O) groups excluding carboxylic acids is 1. The van der Waals surface area contributed by atoms with E-state index in [1.165, 1.54) is 6.33 Å². The van der Waals surface area contributed by atoms with E-state index >= 15 is 0 Å². The normalized spacial score (nSPS) is 20.4. The molecule has 0 aliphatic carbocycles. The number of hydrogen-bond acceptors (Lipinski definition) is 6. The van der Waals surface area contributed by atoms with Gasteiger partial charge < -0.3 is 9.84 Å². The number of benzene rings is 1. The van der Waals surface area contributed by atoms with Gasteiger partial charge in [-0.05, 0) is 12.0 Å². The van der Waals surface area contributed by atoms with E-state index in [1.54, 1.807) is 11.0 Å². The number of hydrogen-bond donors (Lipinski definition) is 1. The number of amides is 1. The Morgan fingerprint density at radius 2 is 2.16 bits per heavy atom. The van der Waals surface area contributed by atoms with Crippen LogP contribution in [0, 0.1) is 0 Å². The fraction of sp³-hybridized carbons (Fsp3) is 0.353. The van der Waals surface area contributed by atoms with E-state index in [9.17, 15) is 4.79 Å². The van der Waals surface area contributed by atoms with Crippen molar-refractivity contribution in [1.82, 2.24) is 30.2 Å². The molecule has 1 N–H and O–H groups in total. The zero-order valence-corrected chi connectivity index (χ0v) is 13.8. The molecule has 3 heterocycles. The Kier molecular flexibility index (Phi) is 3.79. The average Bonchev–Trinajstić information content (AvgIpc) is 3.27. The highest BCUT2D eigenvalue weighted by molar-refractivity contribution is 5.78. The Morgan fingerprint density at radius 3 is 2.88 bits per heavy atom. The van der Waals surface area contributed by atoms with Gasteiger partial charge in [0, 0.05) is 18.5 Å². The van der Waals surface area contributed by atoms with E-state index in [-0.39, 0.29) is 5.91 Å². The summed E-state index contributed by atoms with van der Waals surface area (Å²) in [5.41, 5.74) is 1.58. The van der Waals surface area contributed by atoms with Crippen LogP contribution in [-0.4, -0.2) is 37.4 Å². The highest BCUT2D eigenvalue weighted by Gasteiger charge is 2.38. The molecule has 1 atom stereocenters. The third-order valence-corrected chi connectivity index (χ3v) is 4.52. The van der Waals surface area contributed by atoms with E-state index in [4.69, 9.17) is 4.52 Å². The second kappa shape index (κ2) is 6.12. The lowest BCUT2D eigenvalue weighted by Crippen LogP contribution is -2.41. The number of carbonyl (C=O) groups is 1. The summed E-state index contributed by atoms with van der Waals surface area (Å²) in [6, 6.07) is 7.92. The maximum Gasteiger partial charge on any atom is 0.233 e. The highest BCUT2D eigenvalue weighted by Crippen LogP contribution is 2.33. The van der Waals surface area contributed by atoms with Gasteiger partial charge in [0.15, 0.2) is 0 Å². The van der Waals surface area contributed by atoms with Crippen LogP contribution in [0.3, 0.4) is 0 Å². The SMILES string of the molecule is CC1(c2nc(-c3ccc(Cn4cncn4)cc3)no2)CCNC(=O)C1. The molecule has 1 aromatic carbocycles. The minimum atomic E-state index is -0.402. The van der Waals surface area contributed by atoms with E-state index in [1.807, 2.05) is 31.2 Å². The first-order chi connectivity index (χ1) is 12.1. The van der Waals surface area contributed by atoms with Crippen LogP contribution in [0.25, 0.3) is 11.4 Å². The summed E-state index contributed by atoms with van der Waals surface area (Å²) >= 11 is 0. The number of nitrogens with one attached hydrogen (secondary N) is 1. The minimum absolute atomic E-state index is 0.0194. The first-order valence-electron chi connectivity index (χ1n) is 8.15. The molecule has 1 aliphatic rings. The molecule has 0 radical (unpaired) electrons. The molecule has 1 saturated heterocycles. The van der Waals surface area contributed by atoms with E-state index in [0.717, 1.165) is 17.5 Å². The van der Waals surface area contributed by atoms with Gasteiger partial charge >= 0.3 is 0 Å². The summed E-state index contributed by atoms with van der Waals surface area (Å²) in [4.78, 5) is 20.1. The summed E-state index contributed by atoms with van der Waals surface area (Å²) in [6.07, 6.45) is 4.35. The van der Waals surface area contributed by atoms with Gasteiger partial charge in [-0.1, -0.05) is 36.3 Å². The van der Waals surface area contributed by atoms with Crippen LogP contribution in [0.1, 0.15) is 31.2 Å². The molecule has 0 bridgehead atoms. The summed E-state index contributed by atoms with van der Waals surface area (Å²) in [7, 11) is 0. The van der Waals surface area contributed by atoms with Crippen molar-refractivity contribution in [1.29, 1.82) is 0 Å². The molecule has 0 spiro atoms. The van der Waals surface area contributed by atoms with E-state index in [2.05, 4.69) is 25.5 Å². The Morgan fingerprint density at radius 1 is 1.32 bits per heavy atom. The first-order valence-corrected chi connectivity index (χ1v) is 8.15. The fourth-order valence-electron chi connectivity index (χ4n) is 3.01. The lowest BCUT2D eigenvalue weighted by molar-refractivity contribution is -0.124.